The maximum atomic E-state index is 14.0. The summed E-state index contributed by atoms with van der Waals surface area (Å²) in [7, 11) is 0. The quantitative estimate of drug-likeness (QED) is 0.536. The molecule has 0 spiro atoms. The molecule has 1 saturated heterocycles. The van der Waals surface area contributed by atoms with Gasteiger partial charge in [-0.1, -0.05) is 13.5 Å². The second-order valence-corrected chi connectivity index (χ2v) is 4.36. The van der Waals surface area contributed by atoms with Crippen LogP contribution in [0.25, 0.3) is 0 Å². The van der Waals surface area contributed by atoms with Gasteiger partial charge in [-0.15, -0.1) is 0 Å². The summed E-state index contributed by atoms with van der Waals surface area (Å²) in [5, 5.41) is 0. The minimum Gasteiger partial charge on any atom is -0.343 e. The van der Waals surface area contributed by atoms with Crippen LogP contribution >= 0.6 is 0 Å². The fourth-order valence-corrected chi connectivity index (χ4v) is 1.65. The molecule has 2 atom stereocenters. The zero-order valence-electron chi connectivity index (χ0n) is 9.46. The molecule has 1 rings (SSSR count). The molecule has 0 aromatic rings. The smallest absolute Gasteiger partial charge is 0.274 e. The molecule has 94 valence electrons. The molecule has 0 amide bonds. The Hall–Kier alpha value is -0.580. The second-order valence-electron chi connectivity index (χ2n) is 4.36. The first-order chi connectivity index (χ1) is 7.15. The third-order valence-electron chi connectivity index (χ3n) is 3.07. The summed E-state index contributed by atoms with van der Waals surface area (Å²) in [6.45, 7) is 5.43. The van der Waals surface area contributed by atoms with Gasteiger partial charge in [0, 0.05) is 6.42 Å². The standard InChI is InChI=1S/C11H16F4O/c1-4-8(2)10(13,14)7-11(15)9(3,12)5-6-16-11/h2,4-7H2,1,3H3. The number of allylic oxidation sites excluding steroid dienone is 1. The lowest BCUT2D eigenvalue weighted by Crippen LogP contribution is -2.46. The SMILES string of the molecule is C=C(CC)C(F)(F)CC1(F)OCCC1(C)F. The predicted molar refractivity (Wildman–Crippen MR) is 52.9 cm³/mol. The molecular formula is C11H16F4O. The molecule has 5 heteroatoms. The van der Waals surface area contributed by atoms with Crippen LogP contribution in [0.3, 0.4) is 0 Å². The molecule has 1 heterocycles. The molecule has 0 N–H and O–H groups in total. The van der Waals surface area contributed by atoms with E-state index in [4.69, 9.17) is 0 Å². The van der Waals surface area contributed by atoms with Crippen LogP contribution in [0, 0.1) is 0 Å². The first-order valence-corrected chi connectivity index (χ1v) is 5.22. The fraction of sp³-hybridized carbons (Fsp3) is 0.818. The van der Waals surface area contributed by atoms with Gasteiger partial charge in [0.2, 0.25) is 5.85 Å². The van der Waals surface area contributed by atoms with E-state index in [9.17, 15) is 17.6 Å². The number of rotatable bonds is 4. The van der Waals surface area contributed by atoms with Gasteiger partial charge >= 0.3 is 0 Å². The van der Waals surface area contributed by atoms with Crippen LogP contribution in [-0.2, 0) is 4.74 Å². The van der Waals surface area contributed by atoms with Crippen molar-refractivity contribution in [3.05, 3.63) is 12.2 Å². The molecule has 0 saturated carbocycles. The maximum Gasteiger partial charge on any atom is 0.274 e. The van der Waals surface area contributed by atoms with Crippen LogP contribution in [0.15, 0.2) is 12.2 Å². The Balaban J connectivity index is 2.84. The molecule has 1 aliphatic rings. The highest BCUT2D eigenvalue weighted by atomic mass is 19.3. The lowest BCUT2D eigenvalue weighted by atomic mass is 9.90. The minimum atomic E-state index is -3.44. The van der Waals surface area contributed by atoms with Gasteiger partial charge in [-0.25, -0.2) is 17.6 Å². The molecule has 0 radical (unpaired) electrons. The van der Waals surface area contributed by atoms with E-state index in [1.807, 2.05) is 0 Å². The Morgan fingerprint density at radius 3 is 2.38 bits per heavy atom. The number of halogens is 4. The molecule has 0 aromatic heterocycles. The Morgan fingerprint density at radius 2 is 2.00 bits per heavy atom. The van der Waals surface area contributed by atoms with E-state index in [1.165, 1.54) is 6.92 Å². The number of ether oxygens (including phenoxy) is 1. The first kappa shape index (κ1) is 13.5. The Kier molecular flexibility index (Phi) is 3.39. The van der Waals surface area contributed by atoms with Gasteiger partial charge in [-0.05, 0) is 18.9 Å². The molecular weight excluding hydrogens is 224 g/mol. The normalized spacial score (nSPS) is 35.4. The van der Waals surface area contributed by atoms with Gasteiger partial charge in [0.1, 0.15) is 0 Å². The van der Waals surface area contributed by atoms with Crippen LogP contribution in [0.2, 0.25) is 0 Å². The summed E-state index contributed by atoms with van der Waals surface area (Å²) in [5.41, 5.74) is -2.78. The number of alkyl halides is 4. The van der Waals surface area contributed by atoms with Crippen molar-refractivity contribution in [2.75, 3.05) is 6.61 Å². The average molecular weight is 240 g/mol. The van der Waals surface area contributed by atoms with Crippen molar-refractivity contribution < 1.29 is 22.3 Å². The molecule has 0 aromatic carbocycles. The number of hydrogen-bond donors (Lipinski definition) is 0. The van der Waals surface area contributed by atoms with Gasteiger partial charge in [-0.2, -0.15) is 0 Å². The predicted octanol–water partition coefficient (Wildman–Crippen LogP) is 3.79. The fourth-order valence-electron chi connectivity index (χ4n) is 1.65. The third-order valence-corrected chi connectivity index (χ3v) is 3.07. The van der Waals surface area contributed by atoms with Gasteiger partial charge in [0.05, 0.1) is 13.0 Å². The van der Waals surface area contributed by atoms with Crippen LogP contribution in [-0.4, -0.2) is 24.1 Å². The Labute approximate surface area is 92.5 Å². The Morgan fingerprint density at radius 1 is 1.44 bits per heavy atom. The summed E-state index contributed by atoms with van der Waals surface area (Å²) in [6.07, 6.45) is -1.50. The zero-order valence-corrected chi connectivity index (χ0v) is 9.46. The third kappa shape index (κ3) is 2.24. The van der Waals surface area contributed by atoms with Crippen LogP contribution < -0.4 is 0 Å². The van der Waals surface area contributed by atoms with Crippen molar-refractivity contribution in [3.8, 4) is 0 Å². The summed E-state index contributed by atoms with van der Waals surface area (Å²) in [4.78, 5) is 0. The summed E-state index contributed by atoms with van der Waals surface area (Å²) in [5.74, 6) is -6.37. The first-order valence-electron chi connectivity index (χ1n) is 5.22. The molecule has 1 aliphatic heterocycles. The van der Waals surface area contributed by atoms with E-state index in [2.05, 4.69) is 11.3 Å². The zero-order chi connectivity index (χ0) is 12.6. The van der Waals surface area contributed by atoms with Gasteiger partial charge in [-0.3, -0.25) is 0 Å². The topological polar surface area (TPSA) is 9.23 Å². The van der Waals surface area contributed by atoms with E-state index in [-0.39, 0.29) is 19.4 Å². The van der Waals surface area contributed by atoms with Crippen molar-refractivity contribution in [1.29, 1.82) is 0 Å². The van der Waals surface area contributed by atoms with Gasteiger partial charge in [0.25, 0.3) is 5.92 Å². The maximum absolute atomic E-state index is 14.0. The van der Waals surface area contributed by atoms with E-state index in [0.717, 1.165) is 6.92 Å². The summed E-state index contributed by atoms with van der Waals surface area (Å²) in [6, 6.07) is 0. The lowest BCUT2D eigenvalue weighted by molar-refractivity contribution is -0.206. The van der Waals surface area contributed by atoms with Crippen molar-refractivity contribution in [2.24, 2.45) is 0 Å². The Bertz CT molecular complexity index is 288. The summed E-state index contributed by atoms with van der Waals surface area (Å²) < 4.78 is 59.1. The lowest BCUT2D eigenvalue weighted by Gasteiger charge is -2.32. The van der Waals surface area contributed by atoms with Gasteiger partial charge < -0.3 is 4.74 Å². The largest absolute Gasteiger partial charge is 0.343 e. The molecule has 1 nitrogen and oxygen atoms in total. The molecule has 16 heavy (non-hydrogen) atoms. The second kappa shape index (κ2) is 4.02. The molecule has 0 bridgehead atoms. The van der Waals surface area contributed by atoms with Crippen molar-refractivity contribution in [1.82, 2.24) is 0 Å². The van der Waals surface area contributed by atoms with Crippen molar-refractivity contribution >= 4 is 0 Å². The summed E-state index contributed by atoms with van der Waals surface area (Å²) >= 11 is 0. The van der Waals surface area contributed by atoms with E-state index in [1.54, 1.807) is 0 Å². The molecule has 0 aliphatic carbocycles. The van der Waals surface area contributed by atoms with E-state index in [0.29, 0.717) is 0 Å². The molecule has 2 unspecified atom stereocenters. The van der Waals surface area contributed by atoms with Crippen molar-refractivity contribution in [3.63, 3.8) is 0 Å². The minimum absolute atomic E-state index is 0.0199. The monoisotopic (exact) mass is 240 g/mol. The van der Waals surface area contributed by atoms with E-state index >= 15 is 0 Å². The van der Waals surface area contributed by atoms with E-state index < -0.39 is 29.4 Å². The highest BCUT2D eigenvalue weighted by Gasteiger charge is 2.60. The van der Waals surface area contributed by atoms with Crippen molar-refractivity contribution in [2.45, 2.75) is 50.6 Å². The van der Waals surface area contributed by atoms with Crippen LogP contribution in [0.5, 0.6) is 0 Å². The van der Waals surface area contributed by atoms with Crippen LogP contribution in [0.4, 0.5) is 17.6 Å². The van der Waals surface area contributed by atoms with Crippen LogP contribution in [0.1, 0.15) is 33.1 Å². The number of hydrogen-bond acceptors (Lipinski definition) is 1. The average Bonchev–Trinajstić information content (AvgIpc) is 2.38. The highest BCUT2D eigenvalue weighted by Crippen LogP contribution is 2.48. The van der Waals surface area contributed by atoms with Gasteiger partial charge in [0.15, 0.2) is 5.67 Å². The highest BCUT2D eigenvalue weighted by molar-refractivity contribution is 5.11. The molecule has 1 fully saturated rings.